The Bertz CT molecular complexity index is 1370. The van der Waals surface area contributed by atoms with E-state index in [2.05, 4.69) is 17.0 Å². The number of thioether (sulfide) groups is 2. The predicted octanol–water partition coefficient (Wildman–Crippen LogP) is 7.00. The first-order valence-corrected chi connectivity index (χ1v) is 13.2. The highest BCUT2D eigenvalue weighted by molar-refractivity contribution is 8.19. The van der Waals surface area contributed by atoms with Gasteiger partial charge in [0.25, 0.3) is 5.91 Å². The van der Waals surface area contributed by atoms with Gasteiger partial charge in [0.05, 0.1) is 22.9 Å². The van der Waals surface area contributed by atoms with Crippen LogP contribution in [0.25, 0.3) is 0 Å². The highest BCUT2D eigenvalue weighted by atomic mass is 32.2. The fraction of sp³-hybridized carbons (Fsp3) is 0.214. The third-order valence-corrected chi connectivity index (χ3v) is 8.59. The van der Waals surface area contributed by atoms with E-state index >= 15 is 0 Å². The Balaban J connectivity index is 1.59. The number of aliphatic imine (C=N–C) groups is 1. The summed E-state index contributed by atoms with van der Waals surface area (Å²) in [7, 11) is 2.00. The zero-order valence-electron chi connectivity index (χ0n) is 20.1. The number of para-hydroxylation sites is 1. The van der Waals surface area contributed by atoms with E-state index in [-0.39, 0.29) is 17.6 Å². The number of carbonyl (C=O) groups excluding carboxylic acids is 1. The van der Waals surface area contributed by atoms with Gasteiger partial charge >= 0.3 is 0 Å². The van der Waals surface area contributed by atoms with Gasteiger partial charge in [-0.15, -0.1) is 0 Å². The molecule has 7 heteroatoms. The average Bonchev–Trinajstić information content (AvgIpc) is 3.33. The predicted molar refractivity (Wildman–Crippen MR) is 146 cm³/mol. The van der Waals surface area contributed by atoms with Crippen LogP contribution in [0.1, 0.15) is 36.5 Å². The SMILES string of the molecule is Cc1cc(O)c(C(C)C)cc1N=C1SC(=C2Sc3ccccc3N2C)C(=O)N1Cc1ccccc1. The highest BCUT2D eigenvalue weighted by Crippen LogP contribution is 2.50. The molecular weight excluding hydrogens is 474 g/mol. The van der Waals surface area contributed by atoms with Crippen LogP contribution < -0.4 is 4.90 Å². The first kappa shape index (κ1) is 23.6. The lowest BCUT2D eigenvalue weighted by molar-refractivity contribution is -0.122. The van der Waals surface area contributed by atoms with E-state index < -0.39 is 0 Å². The summed E-state index contributed by atoms with van der Waals surface area (Å²) in [5.74, 6) is 0.398. The van der Waals surface area contributed by atoms with Crippen molar-refractivity contribution in [1.82, 2.24) is 4.90 Å². The van der Waals surface area contributed by atoms with Crippen molar-refractivity contribution in [2.75, 3.05) is 11.9 Å². The number of amides is 1. The molecule has 0 unspecified atom stereocenters. The molecule has 3 aromatic rings. The molecule has 2 aliphatic rings. The fourth-order valence-electron chi connectivity index (χ4n) is 4.21. The molecule has 3 aromatic carbocycles. The van der Waals surface area contributed by atoms with Gasteiger partial charge in [-0.3, -0.25) is 9.69 Å². The zero-order valence-corrected chi connectivity index (χ0v) is 21.8. The zero-order chi connectivity index (χ0) is 24.7. The number of hydrogen-bond donors (Lipinski definition) is 1. The lowest BCUT2D eigenvalue weighted by Crippen LogP contribution is -2.29. The average molecular weight is 502 g/mol. The lowest BCUT2D eigenvalue weighted by Gasteiger charge is -2.17. The molecule has 1 amide bonds. The smallest absolute Gasteiger partial charge is 0.269 e. The van der Waals surface area contributed by atoms with E-state index in [9.17, 15) is 9.90 Å². The van der Waals surface area contributed by atoms with E-state index in [0.717, 1.165) is 38.0 Å². The number of nitrogens with zero attached hydrogens (tertiary/aromatic N) is 3. The second-order valence-corrected chi connectivity index (χ2v) is 11.0. The van der Waals surface area contributed by atoms with E-state index in [4.69, 9.17) is 4.99 Å². The number of aryl methyl sites for hydroxylation is 1. The number of aromatic hydroxyl groups is 1. The maximum atomic E-state index is 13.8. The quantitative estimate of drug-likeness (QED) is 0.390. The number of rotatable bonds is 4. The van der Waals surface area contributed by atoms with Gasteiger partial charge in [0, 0.05) is 11.9 Å². The number of phenols is 1. The Labute approximate surface area is 214 Å². The number of carbonyl (C=O) groups is 1. The van der Waals surface area contributed by atoms with Crippen LogP contribution in [-0.2, 0) is 11.3 Å². The van der Waals surface area contributed by atoms with Crippen LogP contribution in [0.3, 0.4) is 0 Å². The summed E-state index contributed by atoms with van der Waals surface area (Å²) in [5.41, 5.74) is 4.62. The van der Waals surface area contributed by atoms with Gasteiger partial charge in [0.15, 0.2) is 5.17 Å². The highest BCUT2D eigenvalue weighted by Gasteiger charge is 2.39. The third-order valence-electron chi connectivity index (χ3n) is 6.16. The van der Waals surface area contributed by atoms with Crippen molar-refractivity contribution in [3.05, 3.63) is 93.4 Å². The first-order valence-electron chi connectivity index (χ1n) is 11.5. The van der Waals surface area contributed by atoms with Gasteiger partial charge in [-0.2, -0.15) is 0 Å². The summed E-state index contributed by atoms with van der Waals surface area (Å²) in [4.78, 5) is 24.5. The molecule has 0 aliphatic carbocycles. The van der Waals surface area contributed by atoms with Crippen LogP contribution in [0, 0.1) is 6.92 Å². The van der Waals surface area contributed by atoms with Gasteiger partial charge in [0.1, 0.15) is 10.7 Å². The molecule has 35 heavy (non-hydrogen) atoms. The summed E-state index contributed by atoms with van der Waals surface area (Å²) >= 11 is 3.04. The summed E-state index contributed by atoms with van der Waals surface area (Å²) < 4.78 is 0. The Morgan fingerprint density at radius 1 is 1.00 bits per heavy atom. The van der Waals surface area contributed by atoms with Crippen molar-refractivity contribution >= 4 is 46.0 Å². The normalized spacial score (nSPS) is 18.8. The van der Waals surface area contributed by atoms with Crippen molar-refractivity contribution in [1.29, 1.82) is 0 Å². The summed E-state index contributed by atoms with van der Waals surface area (Å²) in [6, 6.07) is 21.9. The molecule has 2 aliphatic heterocycles. The standard InChI is InChI=1S/C28H27N3O2S2/c1-17(2)20-15-21(18(3)14-23(20)32)29-28-31(16-19-10-6-5-7-11-19)26(33)25(35-28)27-30(4)22-12-8-9-13-24(22)34-27/h5-15,17,32H,16H2,1-4H3. The molecule has 2 heterocycles. The van der Waals surface area contributed by atoms with Crippen LogP contribution in [0.4, 0.5) is 11.4 Å². The molecule has 5 rings (SSSR count). The molecule has 0 radical (unpaired) electrons. The number of benzene rings is 3. The van der Waals surface area contributed by atoms with Crippen LogP contribution in [0.2, 0.25) is 0 Å². The van der Waals surface area contributed by atoms with Gasteiger partial charge in [0.2, 0.25) is 0 Å². The van der Waals surface area contributed by atoms with Crippen LogP contribution in [0.15, 0.2) is 86.6 Å². The van der Waals surface area contributed by atoms with Crippen LogP contribution in [0.5, 0.6) is 5.75 Å². The van der Waals surface area contributed by atoms with Gasteiger partial charge < -0.3 is 10.0 Å². The molecular formula is C28H27N3O2S2. The lowest BCUT2D eigenvalue weighted by atomic mass is 9.99. The van der Waals surface area contributed by atoms with Crippen molar-refractivity contribution in [2.24, 2.45) is 4.99 Å². The molecule has 0 spiro atoms. The number of phenolic OH excluding ortho intramolecular Hbond substituents is 1. The molecule has 0 atom stereocenters. The van der Waals surface area contributed by atoms with Gasteiger partial charge in [-0.1, -0.05) is 68.1 Å². The molecule has 1 fully saturated rings. The minimum atomic E-state index is -0.0414. The summed E-state index contributed by atoms with van der Waals surface area (Å²) in [6.45, 7) is 6.47. The number of hydrogen-bond acceptors (Lipinski definition) is 6. The minimum Gasteiger partial charge on any atom is -0.508 e. The van der Waals surface area contributed by atoms with Crippen molar-refractivity contribution in [3.8, 4) is 5.75 Å². The number of amidine groups is 1. The fourth-order valence-corrected chi connectivity index (χ4v) is 6.54. The van der Waals surface area contributed by atoms with Crippen molar-refractivity contribution in [3.63, 3.8) is 0 Å². The Morgan fingerprint density at radius 3 is 2.43 bits per heavy atom. The molecule has 0 bridgehead atoms. The summed E-state index contributed by atoms with van der Waals surface area (Å²) in [5, 5.41) is 12.0. The van der Waals surface area contributed by atoms with Crippen LogP contribution >= 0.6 is 23.5 Å². The van der Waals surface area contributed by atoms with Crippen LogP contribution in [-0.4, -0.2) is 28.1 Å². The van der Waals surface area contributed by atoms with Gasteiger partial charge in [-0.05, 0) is 65.6 Å². The number of anilines is 1. The minimum absolute atomic E-state index is 0.0414. The molecule has 1 N–H and O–H groups in total. The Kier molecular flexibility index (Phi) is 6.38. The van der Waals surface area contributed by atoms with E-state index in [1.54, 1.807) is 22.7 Å². The van der Waals surface area contributed by atoms with E-state index in [1.165, 1.54) is 11.8 Å². The Hall–Kier alpha value is -3.16. The second kappa shape index (κ2) is 9.47. The Morgan fingerprint density at radius 2 is 1.71 bits per heavy atom. The molecule has 0 saturated carbocycles. The second-order valence-electron chi connectivity index (χ2n) is 8.99. The first-order chi connectivity index (χ1) is 16.8. The van der Waals surface area contributed by atoms with E-state index in [1.807, 2.05) is 76.3 Å². The van der Waals surface area contributed by atoms with Gasteiger partial charge in [-0.25, -0.2) is 4.99 Å². The molecule has 5 nitrogen and oxygen atoms in total. The van der Waals surface area contributed by atoms with Crippen molar-refractivity contribution in [2.45, 2.75) is 38.1 Å². The largest absolute Gasteiger partial charge is 0.508 e. The van der Waals surface area contributed by atoms with Crippen molar-refractivity contribution < 1.29 is 9.90 Å². The summed E-state index contributed by atoms with van der Waals surface area (Å²) in [6.07, 6.45) is 0. The maximum absolute atomic E-state index is 13.8. The molecule has 0 aromatic heterocycles. The topological polar surface area (TPSA) is 56.1 Å². The number of fused-ring (bicyclic) bond motifs is 1. The molecule has 1 saturated heterocycles. The maximum Gasteiger partial charge on any atom is 0.269 e. The third kappa shape index (κ3) is 4.46. The molecule has 178 valence electrons. The van der Waals surface area contributed by atoms with E-state index in [0.29, 0.717) is 16.6 Å². The monoisotopic (exact) mass is 501 g/mol.